The van der Waals surface area contributed by atoms with Gasteiger partial charge in [-0.1, -0.05) is 0 Å². The molecule has 1 amide bonds. The SMILES string of the molecule is Cc1n[nH]nc1C(=O)N[C@@H]1COCC[C@@H]1OCC(=O)O. The molecule has 9 nitrogen and oxygen atoms in total. The van der Waals surface area contributed by atoms with E-state index in [-0.39, 0.29) is 12.3 Å². The summed E-state index contributed by atoms with van der Waals surface area (Å²) in [6.07, 6.45) is 0.131. The van der Waals surface area contributed by atoms with Crippen molar-refractivity contribution in [2.45, 2.75) is 25.5 Å². The maximum atomic E-state index is 12.0. The maximum absolute atomic E-state index is 12.0. The maximum Gasteiger partial charge on any atom is 0.329 e. The van der Waals surface area contributed by atoms with Crippen molar-refractivity contribution in [2.24, 2.45) is 0 Å². The Hall–Kier alpha value is -2.00. The molecule has 0 bridgehead atoms. The monoisotopic (exact) mass is 284 g/mol. The Kier molecular flexibility index (Phi) is 4.64. The molecule has 3 N–H and O–H groups in total. The summed E-state index contributed by atoms with van der Waals surface area (Å²) in [4.78, 5) is 22.6. The van der Waals surface area contributed by atoms with Gasteiger partial charge in [-0.05, 0) is 13.3 Å². The van der Waals surface area contributed by atoms with Crippen LogP contribution in [0.2, 0.25) is 0 Å². The normalized spacial score (nSPS) is 22.4. The Balaban J connectivity index is 1.96. The first-order chi connectivity index (χ1) is 9.58. The summed E-state index contributed by atoms with van der Waals surface area (Å²) in [5.74, 6) is -1.44. The number of nitrogens with zero attached hydrogens (tertiary/aromatic N) is 2. The summed E-state index contributed by atoms with van der Waals surface area (Å²) < 4.78 is 10.5. The van der Waals surface area contributed by atoms with Gasteiger partial charge in [-0.2, -0.15) is 15.4 Å². The zero-order valence-electron chi connectivity index (χ0n) is 11.0. The van der Waals surface area contributed by atoms with E-state index in [9.17, 15) is 9.59 Å². The number of hydrogen-bond acceptors (Lipinski definition) is 6. The lowest BCUT2D eigenvalue weighted by atomic mass is 10.1. The number of carboxylic acid groups (broad SMARTS) is 1. The van der Waals surface area contributed by atoms with E-state index in [4.69, 9.17) is 14.6 Å². The highest BCUT2D eigenvalue weighted by Crippen LogP contribution is 2.13. The Morgan fingerprint density at radius 2 is 2.35 bits per heavy atom. The van der Waals surface area contributed by atoms with Crippen LogP contribution in [-0.2, 0) is 14.3 Å². The molecular weight excluding hydrogens is 268 g/mol. The van der Waals surface area contributed by atoms with Gasteiger partial charge in [0.2, 0.25) is 0 Å². The predicted octanol–water partition coefficient (Wildman–Crippen LogP) is -0.898. The van der Waals surface area contributed by atoms with Crippen LogP contribution in [0.4, 0.5) is 0 Å². The van der Waals surface area contributed by atoms with E-state index < -0.39 is 30.6 Å². The van der Waals surface area contributed by atoms with E-state index in [2.05, 4.69) is 20.7 Å². The van der Waals surface area contributed by atoms with Gasteiger partial charge in [0.25, 0.3) is 5.91 Å². The van der Waals surface area contributed by atoms with E-state index in [0.717, 1.165) is 0 Å². The molecule has 0 spiro atoms. The van der Waals surface area contributed by atoms with Gasteiger partial charge in [-0.15, -0.1) is 0 Å². The summed E-state index contributed by atoms with van der Waals surface area (Å²) in [7, 11) is 0. The van der Waals surface area contributed by atoms with Crippen molar-refractivity contribution in [3.63, 3.8) is 0 Å². The third-order valence-electron chi connectivity index (χ3n) is 2.97. The number of amides is 1. The fourth-order valence-electron chi connectivity index (χ4n) is 1.97. The third kappa shape index (κ3) is 3.52. The fourth-order valence-corrected chi connectivity index (χ4v) is 1.97. The van der Waals surface area contributed by atoms with Crippen molar-refractivity contribution < 1.29 is 24.2 Å². The van der Waals surface area contributed by atoms with E-state index >= 15 is 0 Å². The lowest BCUT2D eigenvalue weighted by Crippen LogP contribution is -2.51. The molecule has 1 saturated heterocycles. The first-order valence-electron chi connectivity index (χ1n) is 6.17. The van der Waals surface area contributed by atoms with Crippen LogP contribution in [-0.4, -0.2) is 64.4 Å². The smallest absolute Gasteiger partial charge is 0.329 e. The molecule has 0 unspecified atom stereocenters. The lowest BCUT2D eigenvalue weighted by Gasteiger charge is -2.31. The van der Waals surface area contributed by atoms with Crippen LogP contribution in [0.5, 0.6) is 0 Å². The number of carboxylic acids is 1. The second-order valence-electron chi connectivity index (χ2n) is 4.44. The van der Waals surface area contributed by atoms with Crippen LogP contribution in [0.1, 0.15) is 22.6 Å². The molecule has 2 heterocycles. The fraction of sp³-hybridized carbons (Fsp3) is 0.636. The number of ether oxygens (including phenoxy) is 2. The highest BCUT2D eigenvalue weighted by molar-refractivity contribution is 5.93. The molecule has 0 saturated carbocycles. The highest BCUT2D eigenvalue weighted by Gasteiger charge is 2.29. The van der Waals surface area contributed by atoms with Crippen LogP contribution in [0.3, 0.4) is 0 Å². The molecular formula is C11H16N4O5. The highest BCUT2D eigenvalue weighted by atomic mass is 16.5. The van der Waals surface area contributed by atoms with Gasteiger partial charge in [0, 0.05) is 6.61 Å². The number of aromatic nitrogens is 3. The molecule has 2 atom stereocenters. The first-order valence-corrected chi connectivity index (χ1v) is 6.17. The molecule has 1 fully saturated rings. The van der Waals surface area contributed by atoms with Crippen LogP contribution < -0.4 is 5.32 Å². The van der Waals surface area contributed by atoms with E-state index in [1.54, 1.807) is 6.92 Å². The second-order valence-corrected chi connectivity index (χ2v) is 4.44. The standard InChI is InChI=1S/C11H16N4O5/c1-6-10(14-15-13-6)11(18)12-7-4-19-3-2-8(7)20-5-9(16)17/h7-8H,2-5H2,1H3,(H,12,18)(H,16,17)(H,13,14,15)/t7-,8+/m1/s1. The number of rotatable bonds is 5. The number of aliphatic carboxylic acids is 1. The summed E-state index contributed by atoms with van der Waals surface area (Å²) in [6.45, 7) is 2.00. The summed E-state index contributed by atoms with van der Waals surface area (Å²) in [5.41, 5.74) is 0.690. The second kappa shape index (κ2) is 6.44. The number of aromatic amines is 1. The van der Waals surface area contributed by atoms with Crippen LogP contribution in [0, 0.1) is 6.92 Å². The van der Waals surface area contributed by atoms with Gasteiger partial charge in [0.1, 0.15) is 6.61 Å². The number of nitrogens with one attached hydrogen (secondary N) is 2. The van der Waals surface area contributed by atoms with Crippen molar-refractivity contribution in [2.75, 3.05) is 19.8 Å². The molecule has 110 valence electrons. The minimum Gasteiger partial charge on any atom is -0.480 e. The molecule has 0 aliphatic carbocycles. The van der Waals surface area contributed by atoms with Gasteiger partial charge in [0.05, 0.1) is 24.4 Å². The lowest BCUT2D eigenvalue weighted by molar-refractivity contribution is -0.147. The van der Waals surface area contributed by atoms with Gasteiger partial charge in [-0.3, -0.25) is 4.79 Å². The molecule has 1 aromatic rings. The van der Waals surface area contributed by atoms with Crippen LogP contribution >= 0.6 is 0 Å². The molecule has 1 aliphatic heterocycles. The number of carbonyl (C=O) groups is 2. The molecule has 20 heavy (non-hydrogen) atoms. The number of H-pyrrole nitrogens is 1. The molecule has 2 rings (SSSR count). The number of aryl methyl sites for hydroxylation is 1. The van der Waals surface area contributed by atoms with Crippen molar-refractivity contribution >= 4 is 11.9 Å². The zero-order chi connectivity index (χ0) is 14.5. The van der Waals surface area contributed by atoms with E-state index in [1.165, 1.54) is 0 Å². The molecule has 9 heteroatoms. The molecule has 0 radical (unpaired) electrons. The zero-order valence-corrected chi connectivity index (χ0v) is 11.0. The summed E-state index contributed by atoms with van der Waals surface area (Å²) in [6, 6.07) is -0.410. The molecule has 0 aromatic carbocycles. The van der Waals surface area contributed by atoms with Gasteiger partial charge in [0.15, 0.2) is 5.69 Å². The largest absolute Gasteiger partial charge is 0.480 e. The average molecular weight is 284 g/mol. The quantitative estimate of drug-likeness (QED) is 0.639. The van der Waals surface area contributed by atoms with Crippen molar-refractivity contribution in [1.82, 2.24) is 20.7 Å². The molecule has 1 aliphatic rings. The third-order valence-corrected chi connectivity index (χ3v) is 2.97. The topological polar surface area (TPSA) is 126 Å². The van der Waals surface area contributed by atoms with Crippen molar-refractivity contribution in [1.29, 1.82) is 0 Å². The Morgan fingerprint density at radius 1 is 1.55 bits per heavy atom. The Bertz CT molecular complexity index is 489. The van der Waals surface area contributed by atoms with Crippen LogP contribution in [0.25, 0.3) is 0 Å². The summed E-state index contributed by atoms with van der Waals surface area (Å²) >= 11 is 0. The summed E-state index contributed by atoms with van der Waals surface area (Å²) in [5, 5.41) is 21.3. The van der Waals surface area contributed by atoms with Crippen molar-refractivity contribution in [3.8, 4) is 0 Å². The Labute approximate surface area is 114 Å². The minimum atomic E-state index is -1.05. The Morgan fingerprint density at radius 3 is 3.00 bits per heavy atom. The van der Waals surface area contributed by atoms with Gasteiger partial charge >= 0.3 is 5.97 Å². The van der Waals surface area contributed by atoms with Gasteiger partial charge < -0.3 is 19.9 Å². The molecule has 1 aromatic heterocycles. The minimum absolute atomic E-state index is 0.201. The average Bonchev–Trinajstić information content (AvgIpc) is 2.84. The van der Waals surface area contributed by atoms with E-state index in [1.807, 2.05) is 0 Å². The van der Waals surface area contributed by atoms with Crippen molar-refractivity contribution in [3.05, 3.63) is 11.4 Å². The van der Waals surface area contributed by atoms with E-state index in [0.29, 0.717) is 18.7 Å². The number of hydrogen-bond donors (Lipinski definition) is 3. The number of carbonyl (C=O) groups excluding carboxylic acids is 1. The first kappa shape index (κ1) is 14.4. The predicted molar refractivity (Wildman–Crippen MR) is 65.2 cm³/mol. The van der Waals surface area contributed by atoms with Gasteiger partial charge in [-0.25, -0.2) is 4.79 Å². The van der Waals surface area contributed by atoms with Crippen LogP contribution in [0.15, 0.2) is 0 Å².